The standard InChI is InChI=1S/C22H28N2O4S/c1-3-23(22(26)10-12-24-11-4-7-21(24)25)15-17-8-9-19(20(14-17)27-2)28-16-18-6-5-13-29-18/h5-6,8-9,13-14H,3-4,7,10-12,15-16H2,1-2H3. The molecule has 2 amide bonds. The molecule has 2 aromatic rings. The Morgan fingerprint density at radius 1 is 1.28 bits per heavy atom. The molecule has 156 valence electrons. The molecule has 1 aromatic carbocycles. The zero-order chi connectivity index (χ0) is 20.6. The summed E-state index contributed by atoms with van der Waals surface area (Å²) in [4.78, 5) is 29.1. The van der Waals surface area contributed by atoms with Gasteiger partial charge in [-0.15, -0.1) is 11.3 Å². The number of rotatable bonds is 10. The molecule has 0 radical (unpaired) electrons. The van der Waals surface area contributed by atoms with Crippen molar-refractivity contribution in [2.45, 2.75) is 39.3 Å². The Morgan fingerprint density at radius 3 is 2.79 bits per heavy atom. The minimum Gasteiger partial charge on any atom is -0.493 e. The van der Waals surface area contributed by atoms with Crippen molar-refractivity contribution in [3.05, 3.63) is 46.2 Å². The normalized spacial score (nSPS) is 13.6. The molecule has 3 rings (SSSR count). The largest absolute Gasteiger partial charge is 0.493 e. The fourth-order valence-electron chi connectivity index (χ4n) is 3.40. The van der Waals surface area contributed by atoms with Crippen molar-refractivity contribution in [3.63, 3.8) is 0 Å². The smallest absolute Gasteiger partial charge is 0.224 e. The van der Waals surface area contributed by atoms with Gasteiger partial charge in [0.25, 0.3) is 0 Å². The summed E-state index contributed by atoms with van der Waals surface area (Å²) < 4.78 is 11.4. The zero-order valence-electron chi connectivity index (χ0n) is 17.1. The van der Waals surface area contributed by atoms with Gasteiger partial charge in [-0.1, -0.05) is 12.1 Å². The van der Waals surface area contributed by atoms with Crippen LogP contribution in [-0.2, 0) is 22.7 Å². The van der Waals surface area contributed by atoms with Gasteiger partial charge < -0.3 is 19.3 Å². The van der Waals surface area contributed by atoms with Gasteiger partial charge in [-0.3, -0.25) is 9.59 Å². The van der Waals surface area contributed by atoms with Gasteiger partial charge in [0.2, 0.25) is 11.8 Å². The van der Waals surface area contributed by atoms with Crippen LogP contribution in [0.15, 0.2) is 35.7 Å². The molecule has 0 spiro atoms. The van der Waals surface area contributed by atoms with Crippen LogP contribution in [0.5, 0.6) is 11.5 Å². The average molecular weight is 417 g/mol. The molecule has 1 aliphatic heterocycles. The lowest BCUT2D eigenvalue weighted by Gasteiger charge is -2.23. The number of hydrogen-bond acceptors (Lipinski definition) is 5. The van der Waals surface area contributed by atoms with E-state index in [9.17, 15) is 9.59 Å². The monoisotopic (exact) mass is 416 g/mol. The van der Waals surface area contributed by atoms with Gasteiger partial charge in [0, 0.05) is 43.9 Å². The summed E-state index contributed by atoms with van der Waals surface area (Å²) in [7, 11) is 1.62. The Kier molecular flexibility index (Phi) is 7.52. The Labute approximate surface area is 176 Å². The van der Waals surface area contributed by atoms with Crippen LogP contribution in [0.25, 0.3) is 0 Å². The number of methoxy groups -OCH3 is 1. The topological polar surface area (TPSA) is 59.1 Å². The summed E-state index contributed by atoms with van der Waals surface area (Å²) in [6.07, 6.45) is 1.86. The van der Waals surface area contributed by atoms with Crippen molar-refractivity contribution >= 4 is 23.2 Å². The van der Waals surface area contributed by atoms with Crippen LogP contribution < -0.4 is 9.47 Å². The van der Waals surface area contributed by atoms with Gasteiger partial charge in [-0.05, 0) is 42.5 Å². The Hall–Kier alpha value is -2.54. The van der Waals surface area contributed by atoms with Crippen molar-refractivity contribution in [1.29, 1.82) is 0 Å². The van der Waals surface area contributed by atoms with E-state index >= 15 is 0 Å². The summed E-state index contributed by atoms with van der Waals surface area (Å²) in [6, 6.07) is 9.81. The number of hydrogen-bond donors (Lipinski definition) is 0. The van der Waals surface area contributed by atoms with Gasteiger partial charge in [0.05, 0.1) is 7.11 Å². The molecule has 1 saturated heterocycles. The number of thiophene rings is 1. The molecule has 1 aromatic heterocycles. The van der Waals surface area contributed by atoms with E-state index in [0.29, 0.717) is 50.6 Å². The molecule has 0 N–H and O–H groups in total. The molecule has 0 unspecified atom stereocenters. The van der Waals surface area contributed by atoms with E-state index in [-0.39, 0.29) is 11.8 Å². The van der Waals surface area contributed by atoms with E-state index in [4.69, 9.17) is 9.47 Å². The summed E-state index contributed by atoms with van der Waals surface area (Å²) >= 11 is 1.65. The number of amides is 2. The fourth-order valence-corrected chi connectivity index (χ4v) is 4.02. The molecular weight excluding hydrogens is 388 g/mol. The third-order valence-electron chi connectivity index (χ3n) is 5.05. The summed E-state index contributed by atoms with van der Waals surface area (Å²) in [5, 5.41) is 2.02. The molecule has 1 fully saturated rings. The lowest BCUT2D eigenvalue weighted by atomic mass is 10.1. The summed E-state index contributed by atoms with van der Waals surface area (Å²) in [5.74, 6) is 1.56. The van der Waals surface area contributed by atoms with Crippen molar-refractivity contribution in [2.24, 2.45) is 0 Å². The van der Waals surface area contributed by atoms with E-state index in [0.717, 1.165) is 23.4 Å². The summed E-state index contributed by atoms with van der Waals surface area (Å²) in [6.45, 7) is 4.86. The predicted octanol–water partition coefficient (Wildman–Crippen LogP) is 3.70. The third-order valence-corrected chi connectivity index (χ3v) is 5.90. The lowest BCUT2D eigenvalue weighted by molar-refractivity contribution is -0.133. The maximum atomic E-state index is 12.6. The highest BCUT2D eigenvalue weighted by atomic mass is 32.1. The van der Waals surface area contributed by atoms with Crippen LogP contribution in [-0.4, -0.2) is 48.4 Å². The van der Waals surface area contributed by atoms with Gasteiger partial charge in [-0.2, -0.15) is 0 Å². The number of likely N-dealkylation sites (tertiary alicyclic amines) is 1. The second kappa shape index (κ2) is 10.3. The SMILES string of the molecule is CCN(Cc1ccc(OCc2cccs2)c(OC)c1)C(=O)CCN1CCCC1=O. The van der Waals surface area contributed by atoms with E-state index < -0.39 is 0 Å². The number of nitrogens with zero attached hydrogens (tertiary/aromatic N) is 2. The number of carbonyl (C=O) groups is 2. The zero-order valence-corrected chi connectivity index (χ0v) is 17.9. The van der Waals surface area contributed by atoms with Crippen LogP contribution in [0.1, 0.15) is 36.6 Å². The number of carbonyl (C=O) groups excluding carboxylic acids is 2. The van der Waals surface area contributed by atoms with Gasteiger partial charge in [0.15, 0.2) is 11.5 Å². The molecule has 0 aliphatic carbocycles. The highest BCUT2D eigenvalue weighted by Crippen LogP contribution is 2.30. The molecule has 29 heavy (non-hydrogen) atoms. The predicted molar refractivity (Wildman–Crippen MR) is 113 cm³/mol. The minimum absolute atomic E-state index is 0.0594. The molecule has 0 saturated carbocycles. The number of benzene rings is 1. The van der Waals surface area contributed by atoms with Gasteiger partial charge in [-0.25, -0.2) is 0 Å². The van der Waals surface area contributed by atoms with Crippen LogP contribution in [0.2, 0.25) is 0 Å². The first kappa shape index (κ1) is 21.2. The maximum absolute atomic E-state index is 12.6. The van der Waals surface area contributed by atoms with Crippen molar-refractivity contribution < 1.29 is 19.1 Å². The average Bonchev–Trinajstić information content (AvgIpc) is 3.40. The second-order valence-electron chi connectivity index (χ2n) is 7.00. The molecule has 1 aliphatic rings. The molecule has 0 atom stereocenters. The fraction of sp³-hybridized carbons (Fsp3) is 0.455. The molecule has 0 bridgehead atoms. The molecule has 6 nitrogen and oxygen atoms in total. The van der Waals surface area contributed by atoms with Gasteiger partial charge >= 0.3 is 0 Å². The van der Waals surface area contributed by atoms with Crippen LogP contribution in [0.4, 0.5) is 0 Å². The highest BCUT2D eigenvalue weighted by molar-refractivity contribution is 7.09. The van der Waals surface area contributed by atoms with E-state index in [1.807, 2.05) is 47.5 Å². The minimum atomic E-state index is 0.0594. The first-order chi connectivity index (χ1) is 14.1. The first-order valence-electron chi connectivity index (χ1n) is 9.98. The first-order valence-corrected chi connectivity index (χ1v) is 10.9. The van der Waals surface area contributed by atoms with E-state index in [2.05, 4.69) is 0 Å². The molecule has 2 heterocycles. The van der Waals surface area contributed by atoms with Crippen molar-refractivity contribution in [2.75, 3.05) is 26.7 Å². The van der Waals surface area contributed by atoms with E-state index in [1.54, 1.807) is 23.3 Å². The van der Waals surface area contributed by atoms with Crippen LogP contribution in [0.3, 0.4) is 0 Å². The van der Waals surface area contributed by atoms with Crippen molar-refractivity contribution in [1.82, 2.24) is 9.80 Å². The van der Waals surface area contributed by atoms with Gasteiger partial charge in [0.1, 0.15) is 6.61 Å². The highest BCUT2D eigenvalue weighted by Gasteiger charge is 2.22. The maximum Gasteiger partial charge on any atom is 0.224 e. The van der Waals surface area contributed by atoms with Crippen LogP contribution in [0, 0.1) is 0 Å². The summed E-state index contributed by atoms with van der Waals surface area (Å²) in [5.41, 5.74) is 0.984. The second-order valence-corrected chi connectivity index (χ2v) is 8.03. The van der Waals surface area contributed by atoms with Crippen LogP contribution >= 0.6 is 11.3 Å². The molecule has 7 heteroatoms. The quantitative estimate of drug-likeness (QED) is 0.593. The Bertz CT molecular complexity index is 822. The van der Waals surface area contributed by atoms with E-state index in [1.165, 1.54) is 0 Å². The Morgan fingerprint density at radius 2 is 2.14 bits per heavy atom. The Balaban J connectivity index is 1.57. The third kappa shape index (κ3) is 5.73. The number of ether oxygens (including phenoxy) is 2. The molecular formula is C22H28N2O4S. The van der Waals surface area contributed by atoms with Crippen molar-refractivity contribution in [3.8, 4) is 11.5 Å². The lowest BCUT2D eigenvalue weighted by Crippen LogP contribution is -2.34.